The molecule has 0 saturated carbocycles. The number of carbonyl (C=O) groups excluding carboxylic acids is 1. The lowest BCUT2D eigenvalue weighted by Crippen LogP contribution is -2.54. The van der Waals surface area contributed by atoms with Gasteiger partial charge in [-0.1, -0.05) is 31.2 Å². The van der Waals surface area contributed by atoms with Crippen LogP contribution in [-0.4, -0.2) is 47.9 Å². The van der Waals surface area contributed by atoms with E-state index in [4.69, 9.17) is 4.74 Å². The first-order valence-electron chi connectivity index (χ1n) is 8.98. The van der Waals surface area contributed by atoms with Gasteiger partial charge in [0.25, 0.3) is 0 Å². The number of benzene rings is 1. The van der Waals surface area contributed by atoms with Crippen LogP contribution in [0.15, 0.2) is 24.3 Å². The van der Waals surface area contributed by atoms with Gasteiger partial charge in [-0.25, -0.2) is 4.79 Å². The van der Waals surface area contributed by atoms with Gasteiger partial charge in [0.2, 0.25) is 0 Å². The molecule has 24 heavy (non-hydrogen) atoms. The van der Waals surface area contributed by atoms with E-state index in [0.717, 1.165) is 12.8 Å². The maximum absolute atomic E-state index is 12.8. The number of fused-ring (bicyclic) bond motifs is 1. The highest BCUT2D eigenvalue weighted by Crippen LogP contribution is 2.37. The number of urea groups is 1. The number of carbonyl (C=O) groups is 1. The van der Waals surface area contributed by atoms with E-state index in [1.54, 1.807) is 6.92 Å². The van der Waals surface area contributed by atoms with E-state index in [0.29, 0.717) is 32.1 Å². The van der Waals surface area contributed by atoms with Crippen molar-refractivity contribution in [3.63, 3.8) is 0 Å². The Morgan fingerprint density at radius 3 is 2.88 bits per heavy atom. The molecule has 1 aromatic carbocycles. The lowest BCUT2D eigenvalue weighted by atomic mass is 9.81. The molecule has 2 N–H and O–H groups in total. The summed E-state index contributed by atoms with van der Waals surface area (Å²) in [6.45, 7) is 5.63. The van der Waals surface area contributed by atoms with Gasteiger partial charge in [0.1, 0.15) is 0 Å². The predicted molar refractivity (Wildman–Crippen MR) is 93.0 cm³/mol. The summed E-state index contributed by atoms with van der Waals surface area (Å²) in [6, 6.07) is 8.38. The van der Waals surface area contributed by atoms with E-state index in [9.17, 15) is 9.90 Å². The Bertz CT molecular complexity index is 575. The smallest absolute Gasteiger partial charge is 0.318 e. The summed E-state index contributed by atoms with van der Waals surface area (Å²) < 4.78 is 5.49. The normalized spacial score (nSPS) is 28.1. The zero-order valence-corrected chi connectivity index (χ0v) is 14.6. The molecule has 3 rings (SSSR count). The maximum atomic E-state index is 12.8. The molecule has 2 aliphatic rings. The van der Waals surface area contributed by atoms with E-state index in [2.05, 4.69) is 30.4 Å². The van der Waals surface area contributed by atoms with Crippen LogP contribution in [0.5, 0.6) is 0 Å². The number of morpholine rings is 1. The largest absolute Gasteiger partial charge is 0.393 e. The number of hydrogen-bond donors (Lipinski definition) is 2. The standard InChI is InChI=1S/C19H28N2O3/c1-13-7-8-18(17-6-4-3-5-16(13)17)20-19(23)21-9-10-24-12-15(21)11-14(2)22/h3-6,13-15,18,22H,7-12H2,1-2H3,(H,20,23)/t13-,14+,15-,18-/m1/s1. The third kappa shape index (κ3) is 3.73. The average molecular weight is 332 g/mol. The summed E-state index contributed by atoms with van der Waals surface area (Å²) >= 11 is 0. The van der Waals surface area contributed by atoms with Crippen LogP contribution < -0.4 is 5.32 Å². The minimum absolute atomic E-state index is 0.0432. The fourth-order valence-electron chi connectivity index (χ4n) is 3.90. The quantitative estimate of drug-likeness (QED) is 0.895. The summed E-state index contributed by atoms with van der Waals surface area (Å²) in [5, 5.41) is 12.9. The van der Waals surface area contributed by atoms with E-state index in [1.807, 2.05) is 11.0 Å². The molecule has 0 radical (unpaired) electrons. The third-order valence-corrected chi connectivity index (χ3v) is 5.19. The molecule has 5 nitrogen and oxygen atoms in total. The topological polar surface area (TPSA) is 61.8 Å². The molecule has 0 aromatic heterocycles. The maximum Gasteiger partial charge on any atom is 0.318 e. The van der Waals surface area contributed by atoms with E-state index in [1.165, 1.54) is 11.1 Å². The molecule has 5 heteroatoms. The summed E-state index contributed by atoms with van der Waals surface area (Å²) in [4.78, 5) is 14.7. The molecule has 1 aliphatic heterocycles. The van der Waals surface area contributed by atoms with Crippen molar-refractivity contribution in [3.05, 3.63) is 35.4 Å². The van der Waals surface area contributed by atoms with Crippen molar-refractivity contribution < 1.29 is 14.6 Å². The first-order valence-corrected chi connectivity index (χ1v) is 8.98. The lowest BCUT2D eigenvalue weighted by molar-refractivity contribution is -0.00494. The molecule has 0 spiro atoms. The van der Waals surface area contributed by atoms with Gasteiger partial charge in [0.05, 0.1) is 31.4 Å². The number of hydrogen-bond acceptors (Lipinski definition) is 3. The van der Waals surface area contributed by atoms with Crippen LogP contribution in [0.25, 0.3) is 0 Å². The Balaban J connectivity index is 1.71. The van der Waals surface area contributed by atoms with Gasteiger partial charge in [0.15, 0.2) is 0 Å². The van der Waals surface area contributed by atoms with Gasteiger partial charge in [-0.05, 0) is 43.2 Å². The van der Waals surface area contributed by atoms with E-state index in [-0.39, 0.29) is 18.1 Å². The van der Waals surface area contributed by atoms with Crippen LogP contribution in [0.3, 0.4) is 0 Å². The second-order valence-electron chi connectivity index (χ2n) is 7.12. The van der Waals surface area contributed by atoms with Gasteiger partial charge in [-0.3, -0.25) is 0 Å². The fraction of sp³-hybridized carbons (Fsp3) is 0.632. The van der Waals surface area contributed by atoms with Gasteiger partial charge in [-0.15, -0.1) is 0 Å². The molecular weight excluding hydrogens is 304 g/mol. The van der Waals surface area contributed by atoms with Crippen molar-refractivity contribution in [2.75, 3.05) is 19.8 Å². The monoisotopic (exact) mass is 332 g/mol. The van der Waals surface area contributed by atoms with Crippen molar-refractivity contribution >= 4 is 6.03 Å². The van der Waals surface area contributed by atoms with Crippen molar-refractivity contribution in [2.24, 2.45) is 0 Å². The molecule has 1 fully saturated rings. The second kappa shape index (κ2) is 7.53. The number of ether oxygens (including phenoxy) is 1. The van der Waals surface area contributed by atoms with Crippen molar-refractivity contribution in [1.29, 1.82) is 0 Å². The van der Waals surface area contributed by atoms with Crippen LogP contribution in [0.1, 0.15) is 56.2 Å². The summed E-state index contributed by atoms with van der Waals surface area (Å²) in [5.41, 5.74) is 2.58. The molecule has 0 unspecified atom stereocenters. The van der Waals surface area contributed by atoms with Crippen LogP contribution in [-0.2, 0) is 4.74 Å². The highest BCUT2D eigenvalue weighted by molar-refractivity contribution is 5.75. The Morgan fingerprint density at radius 1 is 1.38 bits per heavy atom. The molecule has 132 valence electrons. The van der Waals surface area contributed by atoms with Gasteiger partial charge in [0, 0.05) is 6.54 Å². The number of aliphatic hydroxyl groups is 1. The van der Waals surface area contributed by atoms with Crippen LogP contribution >= 0.6 is 0 Å². The average Bonchev–Trinajstić information content (AvgIpc) is 2.57. The number of nitrogens with one attached hydrogen (secondary N) is 1. The second-order valence-corrected chi connectivity index (χ2v) is 7.12. The molecule has 1 heterocycles. The van der Waals surface area contributed by atoms with Crippen LogP contribution in [0.2, 0.25) is 0 Å². The van der Waals surface area contributed by atoms with Crippen molar-refractivity contribution in [2.45, 2.75) is 57.2 Å². The Labute approximate surface area is 144 Å². The SMILES string of the molecule is C[C@H](O)C[C@@H]1COCCN1C(=O)N[C@@H]1CC[C@@H](C)c2ccccc21. The predicted octanol–water partition coefficient (Wildman–Crippen LogP) is 2.81. The molecule has 4 atom stereocenters. The fourth-order valence-corrected chi connectivity index (χ4v) is 3.90. The number of amides is 2. The number of nitrogens with zero attached hydrogens (tertiary/aromatic N) is 1. The zero-order chi connectivity index (χ0) is 17.1. The van der Waals surface area contributed by atoms with Gasteiger partial charge >= 0.3 is 6.03 Å². The zero-order valence-electron chi connectivity index (χ0n) is 14.6. The summed E-state index contributed by atoms with van der Waals surface area (Å²) in [6.07, 6.45) is 2.16. The minimum Gasteiger partial charge on any atom is -0.393 e. The Morgan fingerprint density at radius 2 is 2.12 bits per heavy atom. The van der Waals surface area contributed by atoms with E-state index >= 15 is 0 Å². The van der Waals surface area contributed by atoms with Crippen LogP contribution in [0.4, 0.5) is 4.79 Å². The first kappa shape index (κ1) is 17.2. The number of rotatable bonds is 3. The molecule has 2 amide bonds. The van der Waals surface area contributed by atoms with E-state index < -0.39 is 6.10 Å². The van der Waals surface area contributed by atoms with Gasteiger partial charge < -0.3 is 20.1 Å². The first-order chi connectivity index (χ1) is 11.6. The molecule has 0 bridgehead atoms. The van der Waals surface area contributed by atoms with Crippen LogP contribution in [0, 0.1) is 0 Å². The summed E-state index contributed by atoms with van der Waals surface area (Å²) in [5.74, 6) is 0.542. The van der Waals surface area contributed by atoms with Crippen molar-refractivity contribution in [1.82, 2.24) is 10.2 Å². The summed E-state index contributed by atoms with van der Waals surface area (Å²) in [7, 11) is 0. The molecule has 1 aromatic rings. The Kier molecular flexibility index (Phi) is 5.41. The third-order valence-electron chi connectivity index (χ3n) is 5.19. The lowest BCUT2D eigenvalue weighted by Gasteiger charge is -2.38. The number of aliphatic hydroxyl groups excluding tert-OH is 1. The highest BCUT2D eigenvalue weighted by Gasteiger charge is 2.31. The molecule has 1 aliphatic carbocycles. The Hall–Kier alpha value is -1.59. The molecular formula is C19H28N2O3. The van der Waals surface area contributed by atoms with Gasteiger partial charge in [-0.2, -0.15) is 0 Å². The highest BCUT2D eigenvalue weighted by atomic mass is 16.5. The minimum atomic E-state index is -0.441. The molecule has 1 saturated heterocycles. The van der Waals surface area contributed by atoms with Crippen molar-refractivity contribution in [3.8, 4) is 0 Å².